The lowest BCUT2D eigenvalue weighted by atomic mass is 10.1. The summed E-state index contributed by atoms with van der Waals surface area (Å²) < 4.78 is 1.98. The van der Waals surface area contributed by atoms with Crippen molar-refractivity contribution in [2.45, 2.75) is 32.2 Å². The van der Waals surface area contributed by atoms with Gasteiger partial charge in [-0.25, -0.2) is 4.98 Å². The fourth-order valence-corrected chi connectivity index (χ4v) is 3.59. The number of nitrogens with two attached hydrogens (primary N) is 1. The van der Waals surface area contributed by atoms with Crippen molar-refractivity contribution in [1.29, 1.82) is 0 Å². The van der Waals surface area contributed by atoms with Gasteiger partial charge in [-0.3, -0.25) is 9.48 Å². The Morgan fingerprint density at radius 2 is 2.41 bits per heavy atom. The standard InChI is InChI=1S/C15H21N5OS/c1-11-7-17-20(8-11)12-3-2-6-19(9-12)15(21)13-10-22-14(18-13)4-5-16/h7-8,10,12H,2-6,9,16H2,1H3. The fraction of sp³-hybridized carbons (Fsp3) is 0.533. The smallest absolute Gasteiger partial charge is 0.273 e. The van der Waals surface area contributed by atoms with Gasteiger partial charge < -0.3 is 10.6 Å². The van der Waals surface area contributed by atoms with Crippen molar-refractivity contribution in [3.63, 3.8) is 0 Å². The highest BCUT2D eigenvalue weighted by atomic mass is 32.1. The summed E-state index contributed by atoms with van der Waals surface area (Å²) in [6.45, 7) is 4.08. The van der Waals surface area contributed by atoms with E-state index in [1.54, 1.807) is 0 Å². The number of amides is 1. The molecule has 6 nitrogen and oxygen atoms in total. The van der Waals surface area contributed by atoms with E-state index in [9.17, 15) is 4.79 Å². The summed E-state index contributed by atoms with van der Waals surface area (Å²) >= 11 is 1.51. The fourth-order valence-electron chi connectivity index (χ4n) is 2.80. The van der Waals surface area contributed by atoms with Gasteiger partial charge in [0.1, 0.15) is 5.69 Å². The van der Waals surface area contributed by atoms with E-state index in [0.29, 0.717) is 18.8 Å². The number of rotatable bonds is 4. The van der Waals surface area contributed by atoms with Crippen molar-refractivity contribution in [3.8, 4) is 0 Å². The zero-order valence-electron chi connectivity index (χ0n) is 12.7. The maximum Gasteiger partial charge on any atom is 0.273 e. The van der Waals surface area contributed by atoms with Crippen LogP contribution in [0.3, 0.4) is 0 Å². The van der Waals surface area contributed by atoms with Crippen molar-refractivity contribution >= 4 is 17.2 Å². The molecule has 1 fully saturated rings. The molecule has 1 unspecified atom stereocenters. The third-order valence-electron chi connectivity index (χ3n) is 3.92. The summed E-state index contributed by atoms with van der Waals surface area (Å²) in [5, 5.41) is 7.16. The van der Waals surface area contributed by atoms with Gasteiger partial charge >= 0.3 is 0 Å². The lowest BCUT2D eigenvalue weighted by Gasteiger charge is -2.32. The third-order valence-corrected chi connectivity index (χ3v) is 4.83. The highest BCUT2D eigenvalue weighted by Crippen LogP contribution is 2.23. The maximum atomic E-state index is 12.6. The van der Waals surface area contributed by atoms with Gasteiger partial charge in [-0.2, -0.15) is 5.10 Å². The Labute approximate surface area is 133 Å². The quantitative estimate of drug-likeness (QED) is 0.929. The maximum absolute atomic E-state index is 12.6. The molecule has 2 N–H and O–H groups in total. The Balaban J connectivity index is 1.69. The first-order valence-electron chi connectivity index (χ1n) is 7.62. The van der Waals surface area contributed by atoms with Gasteiger partial charge in [0, 0.05) is 31.1 Å². The highest BCUT2D eigenvalue weighted by molar-refractivity contribution is 7.09. The molecule has 0 saturated carbocycles. The molecule has 1 aliphatic rings. The van der Waals surface area contributed by atoms with Crippen molar-refractivity contribution in [1.82, 2.24) is 19.7 Å². The summed E-state index contributed by atoms with van der Waals surface area (Å²) in [5.74, 6) is 0.0214. The summed E-state index contributed by atoms with van der Waals surface area (Å²) in [6, 6.07) is 0.258. The Kier molecular flexibility index (Phi) is 4.54. The molecule has 2 aromatic rings. The van der Waals surface area contributed by atoms with Crippen LogP contribution < -0.4 is 5.73 Å². The van der Waals surface area contributed by atoms with E-state index in [1.807, 2.05) is 34.3 Å². The first-order chi connectivity index (χ1) is 10.7. The zero-order chi connectivity index (χ0) is 15.5. The predicted octanol–water partition coefficient (Wildman–Crippen LogP) is 1.63. The van der Waals surface area contributed by atoms with Crippen molar-refractivity contribution in [2.24, 2.45) is 5.73 Å². The number of thiazole rings is 1. The molecule has 1 saturated heterocycles. The Bertz CT molecular complexity index is 650. The molecule has 0 aliphatic carbocycles. The second kappa shape index (κ2) is 6.58. The minimum absolute atomic E-state index is 0.0214. The molecule has 1 atom stereocenters. The van der Waals surface area contributed by atoms with Crippen LogP contribution >= 0.6 is 11.3 Å². The van der Waals surface area contributed by atoms with E-state index in [2.05, 4.69) is 10.1 Å². The molecule has 0 radical (unpaired) electrons. The summed E-state index contributed by atoms with van der Waals surface area (Å²) in [5.41, 5.74) is 7.23. The zero-order valence-corrected chi connectivity index (χ0v) is 13.6. The first kappa shape index (κ1) is 15.2. The van der Waals surface area contributed by atoms with Crippen LogP contribution in [0.5, 0.6) is 0 Å². The molecule has 2 aromatic heterocycles. The molecular formula is C15H21N5OS. The van der Waals surface area contributed by atoms with Crippen LogP contribution in [0, 0.1) is 6.92 Å². The molecule has 3 heterocycles. The van der Waals surface area contributed by atoms with Gasteiger partial charge in [0.15, 0.2) is 0 Å². The third kappa shape index (κ3) is 3.20. The lowest BCUT2D eigenvalue weighted by Crippen LogP contribution is -2.41. The number of aromatic nitrogens is 3. The largest absolute Gasteiger partial charge is 0.335 e. The summed E-state index contributed by atoms with van der Waals surface area (Å²) in [6.07, 6.45) is 6.68. The van der Waals surface area contributed by atoms with Crippen molar-refractivity contribution < 1.29 is 4.79 Å². The molecular weight excluding hydrogens is 298 g/mol. The molecule has 0 spiro atoms. The van der Waals surface area contributed by atoms with Crippen LogP contribution in [0.4, 0.5) is 0 Å². The van der Waals surface area contributed by atoms with Gasteiger partial charge in [-0.05, 0) is 31.9 Å². The van der Waals surface area contributed by atoms with Gasteiger partial charge in [0.25, 0.3) is 5.91 Å². The molecule has 1 amide bonds. The van der Waals surface area contributed by atoms with E-state index in [4.69, 9.17) is 5.73 Å². The average molecular weight is 319 g/mol. The number of carbonyl (C=O) groups excluding carboxylic acids is 1. The minimum atomic E-state index is 0.0214. The van der Waals surface area contributed by atoms with E-state index >= 15 is 0 Å². The number of carbonyl (C=O) groups is 1. The van der Waals surface area contributed by atoms with Gasteiger partial charge in [0.05, 0.1) is 17.2 Å². The van der Waals surface area contributed by atoms with Crippen LogP contribution in [0.1, 0.15) is 39.9 Å². The van der Waals surface area contributed by atoms with Gasteiger partial charge in [0.2, 0.25) is 0 Å². The summed E-state index contributed by atoms with van der Waals surface area (Å²) in [4.78, 5) is 18.9. The molecule has 118 valence electrons. The second-order valence-corrected chi connectivity index (χ2v) is 6.65. The number of hydrogen-bond acceptors (Lipinski definition) is 5. The molecule has 7 heteroatoms. The van der Waals surface area contributed by atoms with Gasteiger partial charge in [-0.1, -0.05) is 0 Å². The Morgan fingerprint density at radius 1 is 1.55 bits per heavy atom. The SMILES string of the molecule is Cc1cnn(C2CCCN(C(=O)c3csc(CCN)n3)C2)c1. The number of nitrogens with zero attached hydrogens (tertiary/aromatic N) is 4. The first-order valence-corrected chi connectivity index (χ1v) is 8.50. The summed E-state index contributed by atoms with van der Waals surface area (Å²) in [7, 11) is 0. The minimum Gasteiger partial charge on any atom is -0.335 e. The van der Waals surface area contributed by atoms with E-state index in [0.717, 1.165) is 36.4 Å². The Hall–Kier alpha value is -1.73. The average Bonchev–Trinajstić information content (AvgIpc) is 3.16. The molecule has 0 aromatic carbocycles. The number of hydrogen-bond donors (Lipinski definition) is 1. The van der Waals surface area contributed by atoms with Crippen LogP contribution in [-0.2, 0) is 6.42 Å². The second-order valence-electron chi connectivity index (χ2n) is 5.71. The number of piperidine rings is 1. The molecule has 22 heavy (non-hydrogen) atoms. The lowest BCUT2D eigenvalue weighted by molar-refractivity contribution is 0.0667. The number of aryl methyl sites for hydroxylation is 1. The van der Waals surface area contributed by atoms with E-state index in [-0.39, 0.29) is 11.9 Å². The van der Waals surface area contributed by atoms with Crippen LogP contribution in [0.25, 0.3) is 0 Å². The monoisotopic (exact) mass is 319 g/mol. The van der Waals surface area contributed by atoms with Crippen molar-refractivity contribution in [2.75, 3.05) is 19.6 Å². The van der Waals surface area contributed by atoms with Crippen LogP contribution in [0.15, 0.2) is 17.8 Å². The van der Waals surface area contributed by atoms with E-state index in [1.165, 1.54) is 11.3 Å². The highest BCUT2D eigenvalue weighted by Gasteiger charge is 2.27. The molecule has 1 aliphatic heterocycles. The van der Waals surface area contributed by atoms with E-state index < -0.39 is 0 Å². The number of likely N-dealkylation sites (tertiary alicyclic amines) is 1. The Morgan fingerprint density at radius 3 is 3.14 bits per heavy atom. The molecule has 3 rings (SSSR count). The normalized spacial score (nSPS) is 18.6. The van der Waals surface area contributed by atoms with Crippen LogP contribution in [-0.4, -0.2) is 45.2 Å². The van der Waals surface area contributed by atoms with Crippen LogP contribution in [0.2, 0.25) is 0 Å². The van der Waals surface area contributed by atoms with Gasteiger partial charge in [-0.15, -0.1) is 11.3 Å². The predicted molar refractivity (Wildman–Crippen MR) is 86.0 cm³/mol. The topological polar surface area (TPSA) is 77.0 Å². The molecule has 0 bridgehead atoms. The van der Waals surface area contributed by atoms with Crippen molar-refractivity contribution in [3.05, 3.63) is 34.0 Å².